The highest BCUT2D eigenvalue weighted by molar-refractivity contribution is 5.79. The van der Waals surface area contributed by atoms with Crippen molar-refractivity contribution < 1.29 is 13.6 Å². The van der Waals surface area contributed by atoms with Gasteiger partial charge in [-0.3, -0.25) is 4.79 Å². The van der Waals surface area contributed by atoms with Gasteiger partial charge in [0.15, 0.2) is 0 Å². The summed E-state index contributed by atoms with van der Waals surface area (Å²) in [6, 6.07) is 0. The Hall–Kier alpha value is -0.710. The van der Waals surface area contributed by atoms with Crippen molar-refractivity contribution in [1.29, 1.82) is 0 Å². The molecule has 0 aliphatic heterocycles. The SMILES string of the molecule is CC(CCN)(NC(=O)C1CCCC1)C(F)F. The Labute approximate surface area is 94.8 Å². The van der Waals surface area contributed by atoms with Gasteiger partial charge in [0, 0.05) is 5.92 Å². The first-order valence-electron chi connectivity index (χ1n) is 5.80. The summed E-state index contributed by atoms with van der Waals surface area (Å²) >= 11 is 0. The van der Waals surface area contributed by atoms with Crippen LogP contribution in [0.15, 0.2) is 0 Å². The highest BCUT2D eigenvalue weighted by Crippen LogP contribution is 2.27. The Morgan fingerprint density at radius 2 is 2.06 bits per heavy atom. The smallest absolute Gasteiger partial charge is 0.261 e. The molecule has 1 rings (SSSR count). The van der Waals surface area contributed by atoms with Gasteiger partial charge in [-0.25, -0.2) is 8.78 Å². The summed E-state index contributed by atoms with van der Waals surface area (Å²) in [5, 5.41) is 2.47. The van der Waals surface area contributed by atoms with E-state index in [1.165, 1.54) is 6.92 Å². The lowest BCUT2D eigenvalue weighted by molar-refractivity contribution is -0.129. The summed E-state index contributed by atoms with van der Waals surface area (Å²) in [7, 11) is 0. The number of rotatable bonds is 5. The van der Waals surface area contributed by atoms with Crippen LogP contribution in [-0.4, -0.2) is 24.4 Å². The van der Waals surface area contributed by atoms with Crippen LogP contribution in [0.2, 0.25) is 0 Å². The van der Waals surface area contributed by atoms with Crippen LogP contribution in [0.3, 0.4) is 0 Å². The number of alkyl halides is 2. The van der Waals surface area contributed by atoms with Crippen LogP contribution in [0.1, 0.15) is 39.0 Å². The lowest BCUT2D eigenvalue weighted by Gasteiger charge is -2.30. The molecule has 0 bridgehead atoms. The fraction of sp³-hybridized carbons (Fsp3) is 0.909. The predicted octanol–water partition coefficient (Wildman–Crippen LogP) is 1.67. The van der Waals surface area contributed by atoms with Crippen molar-refractivity contribution in [3.8, 4) is 0 Å². The number of carbonyl (C=O) groups excluding carboxylic acids is 1. The largest absolute Gasteiger partial charge is 0.345 e. The molecule has 0 spiro atoms. The van der Waals surface area contributed by atoms with Gasteiger partial charge in [-0.1, -0.05) is 12.8 Å². The number of hydrogen-bond acceptors (Lipinski definition) is 2. The third kappa shape index (κ3) is 3.14. The van der Waals surface area contributed by atoms with E-state index in [1.807, 2.05) is 0 Å². The minimum Gasteiger partial charge on any atom is -0.345 e. The van der Waals surface area contributed by atoms with Gasteiger partial charge in [0.1, 0.15) is 0 Å². The molecule has 0 aromatic heterocycles. The summed E-state index contributed by atoms with van der Waals surface area (Å²) in [4.78, 5) is 11.8. The van der Waals surface area contributed by atoms with Crippen LogP contribution in [0, 0.1) is 5.92 Å². The Bertz CT molecular complexity index is 242. The van der Waals surface area contributed by atoms with Crippen molar-refractivity contribution in [3.05, 3.63) is 0 Å². The Balaban J connectivity index is 2.56. The third-order valence-electron chi connectivity index (χ3n) is 3.28. The van der Waals surface area contributed by atoms with Gasteiger partial charge in [-0.05, 0) is 32.7 Å². The van der Waals surface area contributed by atoms with E-state index in [1.54, 1.807) is 0 Å². The van der Waals surface area contributed by atoms with Gasteiger partial charge in [0.05, 0.1) is 5.54 Å². The first kappa shape index (κ1) is 13.4. The van der Waals surface area contributed by atoms with Gasteiger partial charge in [-0.15, -0.1) is 0 Å². The fourth-order valence-electron chi connectivity index (χ4n) is 2.10. The van der Waals surface area contributed by atoms with E-state index in [9.17, 15) is 13.6 Å². The molecule has 3 N–H and O–H groups in total. The molecule has 5 heteroatoms. The predicted molar refractivity (Wildman–Crippen MR) is 58.2 cm³/mol. The zero-order valence-corrected chi connectivity index (χ0v) is 9.64. The first-order chi connectivity index (χ1) is 7.49. The number of amides is 1. The lowest BCUT2D eigenvalue weighted by Crippen LogP contribution is -2.54. The molecule has 1 amide bonds. The molecule has 1 saturated carbocycles. The second-order valence-electron chi connectivity index (χ2n) is 4.73. The van der Waals surface area contributed by atoms with Gasteiger partial charge >= 0.3 is 0 Å². The standard InChI is InChI=1S/C11H20F2N2O/c1-11(6-7-14,10(12)13)15-9(16)8-4-2-3-5-8/h8,10H,2-7,14H2,1H3,(H,15,16). The molecule has 1 aliphatic carbocycles. The third-order valence-corrected chi connectivity index (χ3v) is 3.28. The van der Waals surface area contributed by atoms with Crippen molar-refractivity contribution in [1.82, 2.24) is 5.32 Å². The molecule has 16 heavy (non-hydrogen) atoms. The second-order valence-corrected chi connectivity index (χ2v) is 4.73. The van der Waals surface area contributed by atoms with Crippen LogP contribution in [0.4, 0.5) is 8.78 Å². The molecule has 1 aliphatic rings. The number of nitrogens with two attached hydrogens (primary N) is 1. The van der Waals surface area contributed by atoms with Crippen molar-refractivity contribution in [2.45, 2.75) is 51.0 Å². The Kier molecular flexibility index (Phi) is 4.65. The molecule has 1 atom stereocenters. The van der Waals surface area contributed by atoms with Crippen LogP contribution < -0.4 is 11.1 Å². The van der Waals surface area contributed by atoms with Crippen LogP contribution in [-0.2, 0) is 4.79 Å². The molecule has 0 heterocycles. The maximum absolute atomic E-state index is 12.8. The zero-order chi connectivity index (χ0) is 12.2. The lowest BCUT2D eigenvalue weighted by atomic mass is 9.96. The van der Waals surface area contributed by atoms with Crippen LogP contribution >= 0.6 is 0 Å². The van der Waals surface area contributed by atoms with E-state index < -0.39 is 12.0 Å². The molecular weight excluding hydrogens is 214 g/mol. The van der Waals surface area contributed by atoms with Gasteiger partial charge in [0.25, 0.3) is 6.43 Å². The number of nitrogens with one attached hydrogen (secondary N) is 1. The molecule has 1 fully saturated rings. The highest BCUT2D eigenvalue weighted by atomic mass is 19.3. The molecule has 0 aromatic rings. The van der Waals surface area contributed by atoms with Crippen LogP contribution in [0.25, 0.3) is 0 Å². The summed E-state index contributed by atoms with van der Waals surface area (Å²) in [6.07, 6.45) is 1.17. The fourth-order valence-corrected chi connectivity index (χ4v) is 2.10. The Morgan fingerprint density at radius 1 is 1.50 bits per heavy atom. The molecule has 3 nitrogen and oxygen atoms in total. The zero-order valence-electron chi connectivity index (χ0n) is 9.64. The van der Waals surface area contributed by atoms with E-state index in [2.05, 4.69) is 5.32 Å². The van der Waals surface area contributed by atoms with E-state index in [-0.39, 0.29) is 24.8 Å². The van der Waals surface area contributed by atoms with Crippen molar-refractivity contribution >= 4 is 5.91 Å². The summed E-state index contributed by atoms with van der Waals surface area (Å²) in [6.45, 7) is 1.50. The second kappa shape index (κ2) is 5.57. The first-order valence-corrected chi connectivity index (χ1v) is 5.80. The molecule has 0 aromatic carbocycles. The van der Waals surface area contributed by atoms with Crippen molar-refractivity contribution in [3.63, 3.8) is 0 Å². The molecule has 94 valence electrons. The Morgan fingerprint density at radius 3 is 2.50 bits per heavy atom. The van der Waals surface area contributed by atoms with Crippen molar-refractivity contribution in [2.24, 2.45) is 11.7 Å². The summed E-state index contributed by atoms with van der Waals surface area (Å²) in [5.41, 5.74) is 3.82. The maximum Gasteiger partial charge on any atom is 0.261 e. The number of hydrogen-bond donors (Lipinski definition) is 2. The van der Waals surface area contributed by atoms with Gasteiger partial charge in [0.2, 0.25) is 5.91 Å². The summed E-state index contributed by atoms with van der Waals surface area (Å²) in [5.74, 6) is -0.329. The summed E-state index contributed by atoms with van der Waals surface area (Å²) < 4.78 is 25.7. The van der Waals surface area contributed by atoms with E-state index in [4.69, 9.17) is 5.73 Å². The quantitative estimate of drug-likeness (QED) is 0.760. The molecular formula is C11H20F2N2O. The normalized spacial score (nSPS) is 21.1. The minimum atomic E-state index is -2.58. The number of halogens is 2. The average Bonchev–Trinajstić information content (AvgIpc) is 2.70. The average molecular weight is 234 g/mol. The van der Waals surface area contributed by atoms with Crippen LogP contribution in [0.5, 0.6) is 0 Å². The topological polar surface area (TPSA) is 55.1 Å². The minimum absolute atomic E-state index is 0.0872. The molecule has 0 saturated heterocycles. The van der Waals surface area contributed by atoms with E-state index >= 15 is 0 Å². The van der Waals surface area contributed by atoms with E-state index in [0.717, 1.165) is 25.7 Å². The van der Waals surface area contributed by atoms with E-state index in [0.29, 0.717) is 0 Å². The van der Waals surface area contributed by atoms with Gasteiger partial charge in [-0.2, -0.15) is 0 Å². The van der Waals surface area contributed by atoms with Crippen molar-refractivity contribution in [2.75, 3.05) is 6.54 Å². The highest BCUT2D eigenvalue weighted by Gasteiger charge is 2.37. The number of carbonyl (C=O) groups is 1. The maximum atomic E-state index is 12.8. The van der Waals surface area contributed by atoms with Gasteiger partial charge < -0.3 is 11.1 Å². The molecule has 1 unspecified atom stereocenters. The monoisotopic (exact) mass is 234 g/mol. The molecule has 0 radical (unpaired) electrons.